The maximum atomic E-state index is 5.94. The van der Waals surface area contributed by atoms with Crippen molar-refractivity contribution in [3.05, 3.63) is 23.8 Å². The van der Waals surface area contributed by atoms with E-state index >= 15 is 0 Å². The van der Waals surface area contributed by atoms with Crippen LogP contribution >= 0.6 is 0 Å². The number of aryl methyl sites for hydroxylation is 1. The number of benzene rings is 1. The van der Waals surface area contributed by atoms with Gasteiger partial charge < -0.3 is 10.1 Å². The number of unbranched alkanes of at least 4 members (excludes halogenated alkanes) is 3. The maximum Gasteiger partial charge on any atom is 0.142 e. The zero-order valence-electron chi connectivity index (χ0n) is 11.7. The van der Waals surface area contributed by atoms with E-state index in [4.69, 9.17) is 4.74 Å². The number of anilines is 1. The van der Waals surface area contributed by atoms with Crippen molar-refractivity contribution in [1.29, 1.82) is 0 Å². The van der Waals surface area contributed by atoms with Crippen LogP contribution in [-0.2, 0) is 6.42 Å². The first-order chi connectivity index (χ1) is 8.81. The molecule has 1 aromatic rings. The van der Waals surface area contributed by atoms with E-state index in [1.807, 2.05) is 0 Å². The van der Waals surface area contributed by atoms with Crippen molar-refractivity contribution in [3.63, 3.8) is 0 Å². The summed E-state index contributed by atoms with van der Waals surface area (Å²) in [4.78, 5) is 0. The fourth-order valence-corrected chi connectivity index (χ4v) is 2.47. The van der Waals surface area contributed by atoms with Crippen LogP contribution in [0.4, 0.5) is 5.69 Å². The number of fused-ring (bicyclic) bond motifs is 1. The van der Waals surface area contributed by atoms with Crippen LogP contribution in [0.2, 0.25) is 0 Å². The van der Waals surface area contributed by atoms with Gasteiger partial charge in [-0.1, -0.05) is 38.3 Å². The van der Waals surface area contributed by atoms with Gasteiger partial charge in [0, 0.05) is 6.04 Å². The first-order valence-electron chi connectivity index (χ1n) is 7.32. The minimum Gasteiger partial charge on any atom is -0.491 e. The predicted molar refractivity (Wildman–Crippen MR) is 77.5 cm³/mol. The molecule has 1 heterocycles. The third-order valence-electron chi connectivity index (χ3n) is 3.61. The van der Waals surface area contributed by atoms with E-state index in [1.165, 1.54) is 36.9 Å². The van der Waals surface area contributed by atoms with Crippen LogP contribution in [0.15, 0.2) is 18.2 Å². The van der Waals surface area contributed by atoms with Gasteiger partial charge in [0.05, 0.1) is 12.3 Å². The Morgan fingerprint density at radius 3 is 3.00 bits per heavy atom. The minimum absolute atomic E-state index is 0.558. The van der Waals surface area contributed by atoms with Crippen molar-refractivity contribution < 1.29 is 4.74 Å². The largest absolute Gasteiger partial charge is 0.491 e. The van der Waals surface area contributed by atoms with Gasteiger partial charge in [-0.3, -0.25) is 0 Å². The summed E-state index contributed by atoms with van der Waals surface area (Å²) in [6.45, 7) is 5.31. The average molecular weight is 247 g/mol. The molecule has 2 heteroatoms. The number of para-hydroxylation sites is 1. The van der Waals surface area contributed by atoms with E-state index in [-0.39, 0.29) is 0 Å². The van der Waals surface area contributed by atoms with Crippen molar-refractivity contribution in [1.82, 2.24) is 0 Å². The van der Waals surface area contributed by atoms with E-state index in [9.17, 15) is 0 Å². The van der Waals surface area contributed by atoms with Gasteiger partial charge in [-0.25, -0.2) is 0 Å². The molecule has 0 aliphatic carbocycles. The number of ether oxygens (including phenoxy) is 1. The van der Waals surface area contributed by atoms with Crippen LogP contribution in [0.25, 0.3) is 0 Å². The highest BCUT2D eigenvalue weighted by atomic mass is 16.5. The summed E-state index contributed by atoms with van der Waals surface area (Å²) in [7, 11) is 0. The summed E-state index contributed by atoms with van der Waals surface area (Å²) in [5.41, 5.74) is 2.63. The Morgan fingerprint density at radius 2 is 2.17 bits per heavy atom. The molecule has 100 valence electrons. The zero-order chi connectivity index (χ0) is 12.8. The highest BCUT2D eigenvalue weighted by Crippen LogP contribution is 2.33. The van der Waals surface area contributed by atoms with Gasteiger partial charge in [0.1, 0.15) is 5.75 Å². The molecule has 1 unspecified atom stereocenters. The predicted octanol–water partition coefficient (Wildman–Crippen LogP) is 4.39. The molecule has 2 rings (SSSR count). The number of rotatable bonds is 6. The molecule has 0 spiro atoms. The Kier molecular flexibility index (Phi) is 4.91. The Morgan fingerprint density at radius 1 is 1.28 bits per heavy atom. The Bertz CT molecular complexity index is 375. The third-order valence-corrected chi connectivity index (χ3v) is 3.61. The molecule has 0 amide bonds. The molecular formula is C16H25NO. The van der Waals surface area contributed by atoms with Crippen LogP contribution in [0, 0.1) is 0 Å². The molecule has 1 aliphatic heterocycles. The Labute approximate surface area is 111 Å². The quantitative estimate of drug-likeness (QED) is 0.753. The topological polar surface area (TPSA) is 21.3 Å². The second kappa shape index (κ2) is 6.67. The van der Waals surface area contributed by atoms with Crippen LogP contribution in [0.3, 0.4) is 0 Å². The monoisotopic (exact) mass is 247 g/mol. The van der Waals surface area contributed by atoms with E-state index in [0.29, 0.717) is 6.04 Å². The normalized spacial score (nSPS) is 18.0. The van der Waals surface area contributed by atoms with E-state index in [2.05, 4.69) is 37.4 Å². The van der Waals surface area contributed by atoms with Crippen LogP contribution in [0.1, 0.15) is 51.5 Å². The van der Waals surface area contributed by atoms with Gasteiger partial charge in [0.25, 0.3) is 0 Å². The summed E-state index contributed by atoms with van der Waals surface area (Å²) < 4.78 is 5.94. The molecule has 18 heavy (non-hydrogen) atoms. The molecule has 1 atom stereocenters. The summed E-state index contributed by atoms with van der Waals surface area (Å²) in [6.07, 6.45) is 7.40. The van der Waals surface area contributed by atoms with Crippen molar-refractivity contribution >= 4 is 5.69 Å². The molecule has 0 bridgehead atoms. The van der Waals surface area contributed by atoms with Crippen LogP contribution < -0.4 is 10.1 Å². The lowest BCUT2D eigenvalue weighted by Gasteiger charge is -2.26. The molecule has 1 N–H and O–H groups in total. The van der Waals surface area contributed by atoms with Gasteiger partial charge >= 0.3 is 0 Å². The van der Waals surface area contributed by atoms with Crippen molar-refractivity contribution in [2.24, 2.45) is 0 Å². The van der Waals surface area contributed by atoms with Crippen molar-refractivity contribution in [3.8, 4) is 5.75 Å². The van der Waals surface area contributed by atoms with Crippen LogP contribution in [-0.4, -0.2) is 12.6 Å². The fourth-order valence-electron chi connectivity index (χ4n) is 2.47. The van der Waals surface area contributed by atoms with Crippen molar-refractivity contribution in [2.45, 2.75) is 58.4 Å². The minimum atomic E-state index is 0.558. The van der Waals surface area contributed by atoms with E-state index in [1.54, 1.807) is 0 Å². The second-order valence-corrected chi connectivity index (χ2v) is 5.28. The smallest absolute Gasteiger partial charge is 0.142 e. The number of hydrogen-bond acceptors (Lipinski definition) is 2. The third kappa shape index (κ3) is 3.41. The number of hydrogen-bond donors (Lipinski definition) is 1. The standard InChI is InChI=1S/C16H25NO/c1-3-4-5-6-12-18-15-9-7-8-14-11-10-13(2)17-16(14)15/h7-9,13,17H,3-6,10-12H2,1-2H3. The first kappa shape index (κ1) is 13.3. The highest BCUT2D eigenvalue weighted by Gasteiger charge is 2.17. The molecule has 1 aliphatic rings. The first-order valence-corrected chi connectivity index (χ1v) is 7.32. The van der Waals surface area contributed by atoms with Gasteiger partial charge in [-0.2, -0.15) is 0 Å². The lowest BCUT2D eigenvalue weighted by atomic mass is 9.98. The second-order valence-electron chi connectivity index (χ2n) is 5.28. The average Bonchev–Trinajstić information content (AvgIpc) is 2.39. The summed E-state index contributed by atoms with van der Waals surface area (Å²) >= 11 is 0. The molecule has 0 aromatic heterocycles. The highest BCUT2D eigenvalue weighted by molar-refractivity contribution is 5.63. The molecule has 0 saturated carbocycles. The summed E-state index contributed by atoms with van der Waals surface area (Å²) in [5.74, 6) is 1.04. The molecule has 0 radical (unpaired) electrons. The Hall–Kier alpha value is -1.18. The maximum absolute atomic E-state index is 5.94. The molecular weight excluding hydrogens is 222 g/mol. The van der Waals surface area contributed by atoms with Crippen LogP contribution in [0.5, 0.6) is 5.75 Å². The van der Waals surface area contributed by atoms with Gasteiger partial charge in [-0.15, -0.1) is 0 Å². The van der Waals surface area contributed by atoms with E-state index < -0.39 is 0 Å². The zero-order valence-corrected chi connectivity index (χ0v) is 11.7. The Balaban J connectivity index is 1.92. The van der Waals surface area contributed by atoms with E-state index in [0.717, 1.165) is 25.2 Å². The van der Waals surface area contributed by atoms with Gasteiger partial charge in [0.15, 0.2) is 0 Å². The summed E-state index contributed by atoms with van der Waals surface area (Å²) in [6, 6.07) is 6.96. The van der Waals surface area contributed by atoms with Crippen molar-refractivity contribution in [2.75, 3.05) is 11.9 Å². The molecule has 0 saturated heterocycles. The molecule has 2 nitrogen and oxygen atoms in total. The van der Waals surface area contributed by atoms with Gasteiger partial charge in [0.2, 0.25) is 0 Å². The lowest BCUT2D eigenvalue weighted by Crippen LogP contribution is -2.22. The SMILES string of the molecule is CCCCCCOc1cccc2c1NC(C)CC2. The number of nitrogens with one attached hydrogen (secondary N) is 1. The molecule has 0 fully saturated rings. The summed E-state index contributed by atoms with van der Waals surface area (Å²) in [5, 5.41) is 3.56. The lowest BCUT2D eigenvalue weighted by molar-refractivity contribution is 0.305. The fraction of sp³-hybridized carbons (Fsp3) is 0.625. The molecule has 1 aromatic carbocycles. The van der Waals surface area contributed by atoms with Gasteiger partial charge in [-0.05, 0) is 37.8 Å².